The summed E-state index contributed by atoms with van der Waals surface area (Å²) >= 11 is 7.64. The second kappa shape index (κ2) is 13.2. The number of amides is 2. The highest BCUT2D eigenvalue weighted by atomic mass is 35.5. The molecule has 0 spiro atoms. The average Bonchev–Trinajstić information content (AvgIpc) is 2.84. The first kappa shape index (κ1) is 25.9. The molecule has 6 heteroatoms. The lowest BCUT2D eigenvalue weighted by Crippen LogP contribution is -2.51. The summed E-state index contributed by atoms with van der Waals surface area (Å²) in [5.74, 6) is 0.850. The molecule has 3 aromatic rings. The van der Waals surface area contributed by atoms with Crippen LogP contribution in [0.1, 0.15) is 29.2 Å². The summed E-state index contributed by atoms with van der Waals surface area (Å²) in [7, 11) is 0. The number of rotatable bonds is 11. The fourth-order valence-corrected chi connectivity index (χ4v) is 4.85. The highest BCUT2D eigenvalue weighted by Crippen LogP contribution is 2.20. The SMILES string of the molecule is CCNC(=O)C(Cc1ccccc1)N(Cc1ccc(Cl)cc1)C(=O)CSCc1ccccc1C. The van der Waals surface area contributed by atoms with E-state index in [1.165, 1.54) is 11.1 Å². The molecule has 0 aliphatic heterocycles. The van der Waals surface area contributed by atoms with Gasteiger partial charge in [0.05, 0.1) is 5.75 Å². The normalized spacial score (nSPS) is 11.6. The molecular weight excluding hydrogens is 464 g/mol. The van der Waals surface area contributed by atoms with Crippen molar-refractivity contribution in [3.63, 3.8) is 0 Å². The van der Waals surface area contributed by atoms with Crippen molar-refractivity contribution in [1.82, 2.24) is 10.2 Å². The molecule has 0 aromatic heterocycles. The molecule has 34 heavy (non-hydrogen) atoms. The maximum atomic E-state index is 13.5. The summed E-state index contributed by atoms with van der Waals surface area (Å²) < 4.78 is 0. The third kappa shape index (κ3) is 7.64. The number of benzene rings is 3. The molecule has 0 aliphatic rings. The lowest BCUT2D eigenvalue weighted by atomic mass is 10.0. The Morgan fingerprint density at radius 3 is 2.29 bits per heavy atom. The molecule has 1 atom stereocenters. The van der Waals surface area contributed by atoms with Gasteiger partial charge in [0.25, 0.3) is 0 Å². The van der Waals surface area contributed by atoms with Crippen molar-refractivity contribution in [3.8, 4) is 0 Å². The van der Waals surface area contributed by atoms with Crippen LogP contribution in [0.2, 0.25) is 5.02 Å². The number of hydrogen-bond acceptors (Lipinski definition) is 3. The minimum absolute atomic E-state index is 0.0549. The number of nitrogens with one attached hydrogen (secondary N) is 1. The van der Waals surface area contributed by atoms with E-state index in [0.717, 1.165) is 16.9 Å². The minimum atomic E-state index is -0.607. The predicted octanol–water partition coefficient (Wildman–Crippen LogP) is 5.66. The Labute approximate surface area is 211 Å². The highest BCUT2D eigenvalue weighted by molar-refractivity contribution is 7.99. The van der Waals surface area contributed by atoms with E-state index >= 15 is 0 Å². The number of carbonyl (C=O) groups excluding carboxylic acids is 2. The first-order valence-electron chi connectivity index (χ1n) is 11.5. The summed E-state index contributed by atoms with van der Waals surface area (Å²) in [6.07, 6.45) is 0.453. The summed E-state index contributed by atoms with van der Waals surface area (Å²) in [6, 6.07) is 24.9. The highest BCUT2D eigenvalue weighted by Gasteiger charge is 2.30. The fraction of sp³-hybridized carbons (Fsp3) is 0.286. The van der Waals surface area contributed by atoms with Gasteiger partial charge < -0.3 is 10.2 Å². The quantitative estimate of drug-likeness (QED) is 0.374. The molecule has 0 saturated heterocycles. The first-order valence-corrected chi connectivity index (χ1v) is 13.0. The lowest BCUT2D eigenvalue weighted by Gasteiger charge is -2.31. The van der Waals surface area contributed by atoms with E-state index in [2.05, 4.69) is 24.4 Å². The average molecular weight is 495 g/mol. The number of halogens is 1. The Hall–Kier alpha value is -2.76. The van der Waals surface area contributed by atoms with Crippen LogP contribution in [0.5, 0.6) is 0 Å². The summed E-state index contributed by atoms with van der Waals surface area (Å²) in [4.78, 5) is 28.4. The van der Waals surface area contributed by atoms with Crippen LogP contribution in [-0.4, -0.2) is 35.1 Å². The Morgan fingerprint density at radius 1 is 0.941 bits per heavy atom. The molecule has 4 nitrogen and oxygen atoms in total. The molecule has 0 radical (unpaired) electrons. The summed E-state index contributed by atoms with van der Waals surface area (Å²) in [5.41, 5.74) is 4.38. The zero-order chi connectivity index (χ0) is 24.3. The molecule has 0 aliphatic carbocycles. The van der Waals surface area contributed by atoms with Crippen molar-refractivity contribution >= 4 is 35.2 Å². The minimum Gasteiger partial charge on any atom is -0.355 e. The second-order valence-corrected chi connectivity index (χ2v) is 9.59. The van der Waals surface area contributed by atoms with E-state index in [4.69, 9.17) is 11.6 Å². The van der Waals surface area contributed by atoms with Gasteiger partial charge in [0.15, 0.2) is 0 Å². The fourth-order valence-electron chi connectivity index (χ4n) is 3.74. The van der Waals surface area contributed by atoms with Crippen LogP contribution in [0.15, 0.2) is 78.9 Å². The van der Waals surface area contributed by atoms with Gasteiger partial charge in [-0.25, -0.2) is 0 Å². The number of carbonyl (C=O) groups is 2. The molecule has 1 unspecified atom stereocenters. The van der Waals surface area contributed by atoms with Crippen molar-refractivity contribution in [2.45, 2.75) is 38.6 Å². The lowest BCUT2D eigenvalue weighted by molar-refractivity contribution is -0.139. The van der Waals surface area contributed by atoms with Gasteiger partial charge in [0, 0.05) is 30.3 Å². The molecule has 0 heterocycles. The molecular formula is C28H31ClN2O2S. The number of aryl methyl sites for hydroxylation is 1. The monoisotopic (exact) mass is 494 g/mol. The van der Waals surface area contributed by atoms with E-state index in [1.807, 2.05) is 73.7 Å². The van der Waals surface area contributed by atoms with Crippen LogP contribution in [0.3, 0.4) is 0 Å². The predicted molar refractivity (Wildman–Crippen MR) is 142 cm³/mol. The third-order valence-electron chi connectivity index (χ3n) is 5.63. The Bertz CT molecular complexity index is 1070. The third-order valence-corrected chi connectivity index (χ3v) is 6.85. The van der Waals surface area contributed by atoms with E-state index in [0.29, 0.717) is 30.3 Å². The maximum Gasteiger partial charge on any atom is 0.243 e. The van der Waals surface area contributed by atoms with E-state index in [1.54, 1.807) is 16.7 Å². The Kier molecular flexibility index (Phi) is 10.0. The molecule has 0 bridgehead atoms. The number of thioether (sulfide) groups is 1. The van der Waals surface area contributed by atoms with Gasteiger partial charge in [-0.05, 0) is 48.2 Å². The van der Waals surface area contributed by atoms with Gasteiger partial charge in [-0.15, -0.1) is 11.8 Å². The van der Waals surface area contributed by atoms with E-state index in [9.17, 15) is 9.59 Å². The molecule has 3 aromatic carbocycles. The van der Waals surface area contributed by atoms with Crippen molar-refractivity contribution in [2.75, 3.05) is 12.3 Å². The van der Waals surface area contributed by atoms with Gasteiger partial charge in [-0.1, -0.05) is 78.3 Å². The maximum absolute atomic E-state index is 13.5. The molecule has 1 N–H and O–H groups in total. The van der Waals surface area contributed by atoms with Crippen molar-refractivity contribution < 1.29 is 9.59 Å². The summed E-state index contributed by atoms with van der Waals surface area (Å²) in [6.45, 7) is 4.82. The molecule has 3 rings (SSSR count). The van der Waals surface area contributed by atoms with Crippen molar-refractivity contribution in [2.24, 2.45) is 0 Å². The topological polar surface area (TPSA) is 49.4 Å². The second-order valence-electron chi connectivity index (χ2n) is 8.17. The smallest absolute Gasteiger partial charge is 0.243 e. The zero-order valence-corrected chi connectivity index (χ0v) is 21.2. The summed E-state index contributed by atoms with van der Waals surface area (Å²) in [5, 5.41) is 3.56. The van der Waals surface area contributed by atoms with Gasteiger partial charge in [-0.3, -0.25) is 9.59 Å². The van der Waals surface area contributed by atoms with Crippen molar-refractivity contribution in [3.05, 3.63) is 106 Å². The van der Waals surface area contributed by atoms with Crippen LogP contribution < -0.4 is 5.32 Å². The van der Waals surface area contributed by atoms with Crippen LogP contribution in [0.4, 0.5) is 0 Å². The van der Waals surface area contributed by atoms with Gasteiger partial charge in [-0.2, -0.15) is 0 Å². The van der Waals surface area contributed by atoms with Crippen LogP contribution >= 0.6 is 23.4 Å². The Balaban J connectivity index is 1.82. The van der Waals surface area contributed by atoms with Gasteiger partial charge in [0.1, 0.15) is 6.04 Å². The van der Waals surface area contributed by atoms with Gasteiger partial charge >= 0.3 is 0 Å². The van der Waals surface area contributed by atoms with E-state index in [-0.39, 0.29) is 11.8 Å². The molecule has 0 fully saturated rings. The van der Waals surface area contributed by atoms with Gasteiger partial charge in [0.2, 0.25) is 11.8 Å². The standard InChI is InChI=1S/C28H31ClN2O2S/c1-3-30-28(33)26(17-22-10-5-4-6-11-22)31(18-23-13-15-25(29)16-14-23)27(32)20-34-19-24-12-8-7-9-21(24)2/h4-16,26H,3,17-20H2,1-2H3,(H,30,33). The molecule has 0 saturated carbocycles. The van der Waals surface area contributed by atoms with E-state index < -0.39 is 6.04 Å². The Morgan fingerprint density at radius 2 is 1.62 bits per heavy atom. The number of hydrogen-bond donors (Lipinski definition) is 1. The first-order chi connectivity index (χ1) is 16.5. The zero-order valence-electron chi connectivity index (χ0n) is 19.7. The molecule has 2 amide bonds. The van der Waals surface area contributed by atoms with Crippen LogP contribution in [-0.2, 0) is 28.3 Å². The van der Waals surface area contributed by atoms with Crippen LogP contribution in [0, 0.1) is 6.92 Å². The number of nitrogens with zero attached hydrogens (tertiary/aromatic N) is 1. The van der Waals surface area contributed by atoms with Crippen LogP contribution in [0.25, 0.3) is 0 Å². The largest absolute Gasteiger partial charge is 0.355 e. The van der Waals surface area contributed by atoms with Crippen molar-refractivity contribution in [1.29, 1.82) is 0 Å². The number of likely N-dealkylation sites (N-methyl/N-ethyl adjacent to an activating group) is 1. The molecule has 178 valence electrons.